The van der Waals surface area contributed by atoms with Crippen molar-refractivity contribution in [2.24, 2.45) is 0 Å². The van der Waals surface area contributed by atoms with Crippen LogP contribution in [0.4, 0.5) is 5.69 Å². The second-order valence-electron chi connectivity index (χ2n) is 10.2. The minimum absolute atomic E-state index is 0.251. The van der Waals surface area contributed by atoms with E-state index in [0.29, 0.717) is 19.0 Å². The summed E-state index contributed by atoms with van der Waals surface area (Å²) in [7, 11) is -1.16. The van der Waals surface area contributed by atoms with E-state index in [1.807, 2.05) is 22.9 Å². The van der Waals surface area contributed by atoms with E-state index in [4.69, 9.17) is 4.74 Å². The zero-order valence-corrected chi connectivity index (χ0v) is 21.1. The summed E-state index contributed by atoms with van der Waals surface area (Å²) >= 11 is 0. The number of pyridine rings is 1. The van der Waals surface area contributed by atoms with Gasteiger partial charge < -0.3 is 10.1 Å². The molecule has 0 spiro atoms. The molecule has 6 nitrogen and oxygen atoms in total. The number of nitrogens with zero attached hydrogens (tertiary/aromatic N) is 3. The number of hydrogen-bond donors (Lipinski definition) is 1. The van der Waals surface area contributed by atoms with Crippen LogP contribution in [0.25, 0.3) is 11.0 Å². The molecule has 2 aromatic heterocycles. The van der Waals surface area contributed by atoms with Gasteiger partial charge in [0.1, 0.15) is 12.4 Å². The Hall–Kier alpha value is -2.48. The van der Waals surface area contributed by atoms with Gasteiger partial charge in [0.05, 0.1) is 11.9 Å². The Balaban J connectivity index is 1.52. The molecule has 0 amide bonds. The number of carbonyl (C=O) groups is 1. The van der Waals surface area contributed by atoms with E-state index >= 15 is 0 Å². The molecule has 1 aromatic carbocycles. The lowest BCUT2D eigenvalue weighted by atomic mass is 10.1. The highest BCUT2D eigenvalue weighted by Crippen LogP contribution is 2.28. The molecule has 176 valence electrons. The molecule has 1 saturated heterocycles. The van der Waals surface area contributed by atoms with E-state index in [1.54, 1.807) is 0 Å². The van der Waals surface area contributed by atoms with Gasteiger partial charge in [0, 0.05) is 45.0 Å². The first-order chi connectivity index (χ1) is 15.9. The summed E-state index contributed by atoms with van der Waals surface area (Å²) in [5.41, 5.74) is 3.75. The maximum atomic E-state index is 11.8. The summed E-state index contributed by atoms with van der Waals surface area (Å²) in [4.78, 5) is 18.9. The fourth-order valence-electron chi connectivity index (χ4n) is 4.40. The molecule has 1 N–H and O–H groups in total. The van der Waals surface area contributed by atoms with Crippen molar-refractivity contribution in [1.82, 2.24) is 14.5 Å². The number of nitrogens with one attached hydrogen (secondary N) is 1. The molecule has 33 heavy (non-hydrogen) atoms. The fourth-order valence-corrected chi connectivity index (χ4v) is 5.16. The molecule has 1 fully saturated rings. The van der Waals surface area contributed by atoms with Crippen molar-refractivity contribution in [2.75, 3.05) is 18.5 Å². The Morgan fingerprint density at radius 2 is 2.00 bits per heavy atom. The Kier molecular flexibility index (Phi) is 7.62. The van der Waals surface area contributed by atoms with Crippen LogP contribution in [-0.4, -0.2) is 48.1 Å². The fraction of sp³-hybridized carbons (Fsp3) is 0.462. The predicted octanol–water partition coefficient (Wildman–Crippen LogP) is 5.59. The lowest BCUT2D eigenvalue weighted by molar-refractivity contribution is 0.0860. The van der Waals surface area contributed by atoms with Gasteiger partial charge in [-0.3, -0.25) is 14.3 Å². The number of carbonyl (C=O) groups excluding carboxylic acids is 1. The Morgan fingerprint density at radius 3 is 2.76 bits per heavy atom. The molecule has 4 rings (SSSR count). The van der Waals surface area contributed by atoms with Gasteiger partial charge in [0.2, 0.25) is 0 Å². The molecule has 1 aliphatic heterocycles. The highest BCUT2D eigenvalue weighted by molar-refractivity contribution is 6.76. The standard InChI is InChI=1S/C26H36N4O2Si/c1-33(2,3)16-15-32-20-30-22(19-31)17-23-24(12-13-27-26(23)30)28-25-11-7-8-14-29(25)18-21-9-5-4-6-10-21/h4-6,9-10,12-13,17,19,25H,7-8,11,14-16,18,20H2,1-3H3,(H,27,28). The van der Waals surface area contributed by atoms with Crippen molar-refractivity contribution in [3.8, 4) is 0 Å². The molecule has 1 aliphatic rings. The second-order valence-corrected chi connectivity index (χ2v) is 15.8. The van der Waals surface area contributed by atoms with Gasteiger partial charge in [-0.2, -0.15) is 0 Å². The van der Waals surface area contributed by atoms with Gasteiger partial charge in [-0.05, 0) is 43.0 Å². The van der Waals surface area contributed by atoms with Gasteiger partial charge >= 0.3 is 0 Å². The number of aromatic nitrogens is 2. The number of likely N-dealkylation sites (tertiary alicyclic amines) is 1. The quantitative estimate of drug-likeness (QED) is 0.241. The summed E-state index contributed by atoms with van der Waals surface area (Å²) in [6, 6.07) is 15.7. The number of rotatable bonds is 10. The molecule has 1 unspecified atom stereocenters. The number of ether oxygens (including phenoxy) is 1. The van der Waals surface area contributed by atoms with Crippen LogP contribution in [0.5, 0.6) is 0 Å². The lowest BCUT2D eigenvalue weighted by Gasteiger charge is -2.37. The Bertz CT molecular complexity index is 1060. The van der Waals surface area contributed by atoms with Crippen LogP contribution < -0.4 is 5.32 Å². The third-order valence-corrected chi connectivity index (χ3v) is 8.03. The number of aldehydes is 1. The number of benzene rings is 1. The van der Waals surface area contributed by atoms with Crippen LogP contribution in [0.15, 0.2) is 48.7 Å². The number of piperidine rings is 1. The number of fused-ring (bicyclic) bond motifs is 1. The molecule has 7 heteroatoms. The van der Waals surface area contributed by atoms with E-state index in [0.717, 1.165) is 48.6 Å². The molecule has 1 atom stereocenters. The second kappa shape index (κ2) is 10.6. The van der Waals surface area contributed by atoms with E-state index < -0.39 is 8.07 Å². The third kappa shape index (κ3) is 6.10. The summed E-state index contributed by atoms with van der Waals surface area (Å²) in [6.07, 6.45) is 6.50. The normalized spacial score (nSPS) is 17.4. The molecule has 3 aromatic rings. The van der Waals surface area contributed by atoms with Gasteiger partial charge in [-0.15, -0.1) is 0 Å². The smallest absolute Gasteiger partial charge is 0.166 e. The van der Waals surface area contributed by atoms with Crippen molar-refractivity contribution < 1.29 is 9.53 Å². The molecular formula is C26H36N4O2Si. The number of hydrogen-bond acceptors (Lipinski definition) is 5. The third-order valence-electron chi connectivity index (χ3n) is 6.33. The molecular weight excluding hydrogens is 428 g/mol. The minimum atomic E-state index is -1.16. The predicted molar refractivity (Wildman–Crippen MR) is 137 cm³/mol. The SMILES string of the molecule is C[Si](C)(C)CCOCn1c(C=O)cc2c(NC3CCCCN3Cc3ccccc3)ccnc21. The van der Waals surface area contributed by atoms with Crippen LogP contribution in [-0.2, 0) is 18.0 Å². The van der Waals surface area contributed by atoms with E-state index in [-0.39, 0.29) is 6.17 Å². The van der Waals surface area contributed by atoms with Gasteiger partial charge in [-0.25, -0.2) is 4.98 Å². The first-order valence-corrected chi connectivity index (χ1v) is 15.7. The summed E-state index contributed by atoms with van der Waals surface area (Å²) in [6.45, 7) is 10.1. The first-order valence-electron chi connectivity index (χ1n) is 12.0. The topological polar surface area (TPSA) is 59.4 Å². The van der Waals surface area contributed by atoms with Gasteiger partial charge in [0.15, 0.2) is 6.29 Å². The summed E-state index contributed by atoms with van der Waals surface area (Å²) < 4.78 is 7.84. The van der Waals surface area contributed by atoms with E-state index in [2.05, 4.69) is 65.2 Å². The Morgan fingerprint density at radius 1 is 1.18 bits per heavy atom. The van der Waals surface area contributed by atoms with E-state index in [1.165, 1.54) is 18.4 Å². The van der Waals surface area contributed by atoms with Crippen LogP contribution in [0.1, 0.15) is 35.3 Å². The monoisotopic (exact) mass is 464 g/mol. The molecule has 0 aliphatic carbocycles. The summed E-state index contributed by atoms with van der Waals surface area (Å²) in [5, 5.41) is 4.74. The zero-order chi connectivity index (χ0) is 23.3. The first kappa shape index (κ1) is 23.7. The van der Waals surface area contributed by atoms with Crippen LogP contribution >= 0.6 is 0 Å². The van der Waals surface area contributed by atoms with Crippen molar-refractivity contribution in [3.05, 3.63) is 59.9 Å². The number of anilines is 1. The Labute approximate surface area is 198 Å². The maximum absolute atomic E-state index is 11.8. The van der Waals surface area contributed by atoms with E-state index in [9.17, 15) is 4.79 Å². The highest BCUT2D eigenvalue weighted by atomic mass is 28.3. The van der Waals surface area contributed by atoms with Crippen LogP contribution in [0, 0.1) is 0 Å². The highest BCUT2D eigenvalue weighted by Gasteiger charge is 2.24. The molecule has 3 heterocycles. The minimum Gasteiger partial charge on any atom is -0.369 e. The van der Waals surface area contributed by atoms with Crippen molar-refractivity contribution >= 4 is 31.1 Å². The lowest BCUT2D eigenvalue weighted by Crippen LogP contribution is -2.43. The van der Waals surface area contributed by atoms with Crippen LogP contribution in [0.2, 0.25) is 25.7 Å². The van der Waals surface area contributed by atoms with Crippen molar-refractivity contribution in [3.63, 3.8) is 0 Å². The van der Waals surface area contributed by atoms with Crippen molar-refractivity contribution in [1.29, 1.82) is 0 Å². The molecule has 0 radical (unpaired) electrons. The largest absolute Gasteiger partial charge is 0.369 e. The van der Waals surface area contributed by atoms with Gasteiger partial charge in [0.25, 0.3) is 0 Å². The average molecular weight is 465 g/mol. The van der Waals surface area contributed by atoms with Crippen LogP contribution in [0.3, 0.4) is 0 Å². The molecule has 0 bridgehead atoms. The molecule has 0 saturated carbocycles. The zero-order valence-electron chi connectivity index (χ0n) is 20.1. The maximum Gasteiger partial charge on any atom is 0.166 e. The van der Waals surface area contributed by atoms with Gasteiger partial charge in [-0.1, -0.05) is 50.0 Å². The average Bonchev–Trinajstić information content (AvgIpc) is 3.17. The summed E-state index contributed by atoms with van der Waals surface area (Å²) in [5.74, 6) is 0. The van der Waals surface area contributed by atoms with Crippen molar-refractivity contribution in [2.45, 2.75) is 64.4 Å².